The van der Waals surface area contributed by atoms with Crippen LogP contribution in [0.25, 0.3) is 0 Å². The van der Waals surface area contributed by atoms with Gasteiger partial charge in [-0.1, -0.05) is 25.5 Å². The first-order chi connectivity index (χ1) is 8.18. The Morgan fingerprint density at radius 1 is 1.41 bits per heavy atom. The molecule has 1 fully saturated rings. The fourth-order valence-electron chi connectivity index (χ4n) is 2.81. The van der Waals surface area contributed by atoms with Crippen LogP contribution in [0.15, 0.2) is 11.6 Å². The Morgan fingerprint density at radius 2 is 2.29 bits per heavy atom. The van der Waals surface area contributed by atoms with Crippen LogP contribution in [0.1, 0.15) is 52.4 Å². The predicted octanol–water partition coefficient (Wildman–Crippen LogP) is 4.00. The van der Waals surface area contributed by atoms with E-state index >= 15 is 0 Å². The van der Waals surface area contributed by atoms with Gasteiger partial charge in [-0.05, 0) is 56.2 Å². The molecular weight excluding hydrogens is 226 g/mol. The van der Waals surface area contributed by atoms with E-state index in [1.807, 2.05) is 0 Å². The third-order valence-corrected chi connectivity index (χ3v) is 5.40. The summed E-state index contributed by atoms with van der Waals surface area (Å²) in [7, 11) is 0. The van der Waals surface area contributed by atoms with E-state index in [-0.39, 0.29) is 0 Å². The van der Waals surface area contributed by atoms with Crippen LogP contribution in [0.3, 0.4) is 0 Å². The fourth-order valence-corrected chi connectivity index (χ4v) is 4.45. The number of rotatable bonds is 4. The Kier molecular flexibility index (Phi) is 4.98. The minimum absolute atomic E-state index is 0.492. The second-order valence-electron chi connectivity index (χ2n) is 6.18. The topological polar surface area (TPSA) is 12.0 Å². The van der Waals surface area contributed by atoms with Crippen LogP contribution in [0.4, 0.5) is 0 Å². The molecule has 2 aliphatic rings. The minimum atomic E-state index is 0.492. The van der Waals surface area contributed by atoms with E-state index in [0.29, 0.717) is 11.5 Å². The first kappa shape index (κ1) is 13.5. The number of allylic oxidation sites excluding steroid dienone is 1. The molecule has 2 rings (SSSR count). The zero-order chi connectivity index (χ0) is 12.1. The van der Waals surface area contributed by atoms with E-state index in [1.54, 1.807) is 5.57 Å². The van der Waals surface area contributed by atoms with Crippen molar-refractivity contribution in [3.63, 3.8) is 0 Å². The summed E-state index contributed by atoms with van der Waals surface area (Å²) in [6.45, 7) is 6.02. The molecule has 1 atom stereocenters. The van der Waals surface area contributed by atoms with Crippen LogP contribution in [0, 0.1) is 5.41 Å². The van der Waals surface area contributed by atoms with E-state index in [2.05, 4.69) is 37.0 Å². The van der Waals surface area contributed by atoms with Gasteiger partial charge in [0.25, 0.3) is 0 Å². The van der Waals surface area contributed by atoms with Crippen molar-refractivity contribution in [3.05, 3.63) is 11.6 Å². The molecule has 17 heavy (non-hydrogen) atoms. The zero-order valence-electron chi connectivity index (χ0n) is 11.4. The Balaban J connectivity index is 1.72. The van der Waals surface area contributed by atoms with Crippen molar-refractivity contribution < 1.29 is 0 Å². The monoisotopic (exact) mass is 253 g/mol. The number of nitrogens with one attached hydrogen (secondary N) is 1. The lowest BCUT2D eigenvalue weighted by Crippen LogP contribution is -2.46. The summed E-state index contributed by atoms with van der Waals surface area (Å²) in [6.07, 6.45) is 10.6. The van der Waals surface area contributed by atoms with E-state index in [0.717, 1.165) is 0 Å². The Labute approximate surface area is 111 Å². The molecule has 0 amide bonds. The van der Waals surface area contributed by atoms with Crippen LogP contribution >= 0.6 is 11.8 Å². The van der Waals surface area contributed by atoms with Gasteiger partial charge in [-0.3, -0.25) is 0 Å². The molecule has 1 aliphatic carbocycles. The standard InChI is InChI=1S/C15H27NS/c1-15(2)9-11-17-12-14(15)16-10-8-13-6-4-3-5-7-13/h6,14,16H,3-5,7-12H2,1-2H3. The van der Waals surface area contributed by atoms with E-state index < -0.39 is 0 Å². The molecule has 0 aromatic heterocycles. The van der Waals surface area contributed by atoms with Gasteiger partial charge in [0.1, 0.15) is 0 Å². The van der Waals surface area contributed by atoms with Crippen molar-refractivity contribution in [2.75, 3.05) is 18.1 Å². The van der Waals surface area contributed by atoms with Gasteiger partial charge in [0.05, 0.1) is 0 Å². The summed E-state index contributed by atoms with van der Waals surface area (Å²) in [6, 6.07) is 0.713. The molecule has 1 aliphatic heterocycles. The highest BCUT2D eigenvalue weighted by Gasteiger charge is 2.31. The molecule has 0 saturated carbocycles. The largest absolute Gasteiger partial charge is 0.312 e. The molecule has 0 radical (unpaired) electrons. The molecule has 2 heteroatoms. The number of thioether (sulfide) groups is 1. The molecule has 1 unspecified atom stereocenters. The lowest BCUT2D eigenvalue weighted by molar-refractivity contribution is 0.247. The molecule has 0 aromatic rings. The van der Waals surface area contributed by atoms with Gasteiger partial charge in [-0.25, -0.2) is 0 Å². The second kappa shape index (κ2) is 6.29. The lowest BCUT2D eigenvalue weighted by Gasteiger charge is -2.39. The quantitative estimate of drug-likeness (QED) is 0.760. The summed E-state index contributed by atoms with van der Waals surface area (Å²) < 4.78 is 0. The molecule has 98 valence electrons. The Hall–Kier alpha value is 0.0500. The van der Waals surface area contributed by atoms with Gasteiger partial charge in [0, 0.05) is 11.8 Å². The van der Waals surface area contributed by atoms with Crippen molar-refractivity contribution in [1.82, 2.24) is 5.32 Å². The smallest absolute Gasteiger partial charge is 0.0209 e. The van der Waals surface area contributed by atoms with E-state index in [4.69, 9.17) is 0 Å². The highest BCUT2D eigenvalue weighted by Crippen LogP contribution is 2.34. The van der Waals surface area contributed by atoms with E-state index in [1.165, 1.54) is 56.6 Å². The summed E-state index contributed by atoms with van der Waals surface area (Å²) >= 11 is 2.11. The summed E-state index contributed by atoms with van der Waals surface area (Å²) in [5.41, 5.74) is 2.19. The average Bonchev–Trinajstić information content (AvgIpc) is 2.32. The van der Waals surface area contributed by atoms with Gasteiger partial charge in [0.15, 0.2) is 0 Å². The van der Waals surface area contributed by atoms with Crippen LogP contribution in [0.2, 0.25) is 0 Å². The van der Waals surface area contributed by atoms with Gasteiger partial charge in [-0.2, -0.15) is 11.8 Å². The molecule has 0 aromatic carbocycles. The normalized spacial score (nSPS) is 28.8. The average molecular weight is 253 g/mol. The highest BCUT2D eigenvalue weighted by atomic mass is 32.2. The molecule has 1 heterocycles. The van der Waals surface area contributed by atoms with Gasteiger partial charge in [0.2, 0.25) is 0 Å². The van der Waals surface area contributed by atoms with Crippen molar-refractivity contribution in [1.29, 1.82) is 0 Å². The van der Waals surface area contributed by atoms with Crippen LogP contribution in [-0.2, 0) is 0 Å². The number of hydrogen-bond acceptors (Lipinski definition) is 2. The molecule has 1 saturated heterocycles. The molecule has 0 spiro atoms. The number of hydrogen-bond donors (Lipinski definition) is 1. The van der Waals surface area contributed by atoms with Gasteiger partial charge < -0.3 is 5.32 Å². The van der Waals surface area contributed by atoms with Crippen molar-refractivity contribution >= 4 is 11.8 Å². The predicted molar refractivity (Wildman–Crippen MR) is 78.7 cm³/mol. The van der Waals surface area contributed by atoms with Crippen molar-refractivity contribution in [3.8, 4) is 0 Å². The molecule has 0 bridgehead atoms. The van der Waals surface area contributed by atoms with Gasteiger partial charge in [-0.15, -0.1) is 0 Å². The Bertz CT molecular complexity index is 270. The Morgan fingerprint density at radius 3 is 3.00 bits per heavy atom. The lowest BCUT2D eigenvalue weighted by atomic mass is 9.82. The first-order valence-corrected chi connectivity index (χ1v) is 8.33. The summed E-state index contributed by atoms with van der Waals surface area (Å²) in [5.74, 6) is 2.64. The highest BCUT2D eigenvalue weighted by molar-refractivity contribution is 7.99. The minimum Gasteiger partial charge on any atom is -0.312 e. The third-order valence-electron chi connectivity index (χ3n) is 4.34. The zero-order valence-corrected chi connectivity index (χ0v) is 12.2. The second-order valence-corrected chi connectivity index (χ2v) is 7.33. The summed E-state index contributed by atoms with van der Waals surface area (Å²) in [4.78, 5) is 0. The molecule has 1 N–H and O–H groups in total. The SMILES string of the molecule is CC1(C)CCSCC1NCCC1=CCCCC1. The van der Waals surface area contributed by atoms with Crippen molar-refractivity contribution in [2.24, 2.45) is 5.41 Å². The van der Waals surface area contributed by atoms with Crippen LogP contribution < -0.4 is 5.32 Å². The fraction of sp³-hybridized carbons (Fsp3) is 0.867. The van der Waals surface area contributed by atoms with Crippen LogP contribution in [-0.4, -0.2) is 24.1 Å². The van der Waals surface area contributed by atoms with E-state index in [9.17, 15) is 0 Å². The first-order valence-electron chi connectivity index (χ1n) is 7.17. The third kappa shape index (κ3) is 4.03. The van der Waals surface area contributed by atoms with Crippen LogP contribution in [0.5, 0.6) is 0 Å². The van der Waals surface area contributed by atoms with Gasteiger partial charge >= 0.3 is 0 Å². The summed E-state index contributed by atoms with van der Waals surface area (Å²) in [5, 5.41) is 3.80. The molecule has 1 nitrogen and oxygen atoms in total. The molecular formula is C15H27NS. The maximum absolute atomic E-state index is 3.80. The maximum Gasteiger partial charge on any atom is 0.0209 e. The maximum atomic E-state index is 3.80. The van der Waals surface area contributed by atoms with Crippen molar-refractivity contribution in [2.45, 2.75) is 58.4 Å².